The minimum absolute atomic E-state index is 0.0286. The topological polar surface area (TPSA) is 9.23 Å². The zero-order valence-electron chi connectivity index (χ0n) is 13.8. The smallest absolute Gasteiger partial charge is 0.371 e. The van der Waals surface area contributed by atoms with Gasteiger partial charge in [0.25, 0.3) is 0 Å². The Hall–Kier alpha value is -1.81. The highest BCUT2D eigenvalue weighted by atomic mass is 19.4. The largest absolute Gasteiger partial charge is 0.416 e. The Labute approximate surface area is 140 Å². The van der Waals surface area contributed by atoms with Gasteiger partial charge in [0.15, 0.2) is 0 Å². The van der Waals surface area contributed by atoms with Gasteiger partial charge < -0.3 is 4.74 Å². The van der Waals surface area contributed by atoms with Crippen molar-refractivity contribution >= 4 is 0 Å². The first-order valence-corrected chi connectivity index (χ1v) is 8.16. The fourth-order valence-electron chi connectivity index (χ4n) is 3.41. The highest BCUT2D eigenvalue weighted by Crippen LogP contribution is 2.41. The second kappa shape index (κ2) is 6.25. The van der Waals surface area contributed by atoms with E-state index in [4.69, 9.17) is 4.74 Å². The molecule has 0 aliphatic carbocycles. The molecule has 0 unspecified atom stereocenters. The summed E-state index contributed by atoms with van der Waals surface area (Å²) in [7, 11) is 0. The lowest BCUT2D eigenvalue weighted by Crippen LogP contribution is -2.25. The number of benzene rings is 2. The van der Waals surface area contributed by atoms with Crippen LogP contribution in [-0.4, -0.2) is 11.7 Å². The van der Waals surface area contributed by atoms with Crippen molar-refractivity contribution in [3.05, 3.63) is 71.3 Å². The van der Waals surface area contributed by atoms with Crippen LogP contribution in [0, 0.1) is 0 Å². The lowest BCUT2D eigenvalue weighted by Gasteiger charge is -2.27. The molecular weight excluding hydrogens is 313 g/mol. The van der Waals surface area contributed by atoms with Gasteiger partial charge in [-0.05, 0) is 49.9 Å². The summed E-state index contributed by atoms with van der Waals surface area (Å²) >= 11 is 0. The molecule has 0 saturated carbocycles. The van der Waals surface area contributed by atoms with Crippen LogP contribution in [0.5, 0.6) is 0 Å². The summed E-state index contributed by atoms with van der Waals surface area (Å²) in [5, 5.41) is 0. The van der Waals surface area contributed by atoms with E-state index in [1.807, 2.05) is 30.3 Å². The maximum absolute atomic E-state index is 12.8. The molecule has 0 bridgehead atoms. The van der Waals surface area contributed by atoms with E-state index in [0.29, 0.717) is 0 Å². The average molecular weight is 334 g/mol. The molecule has 0 radical (unpaired) electrons. The molecular formula is C20H21F3O. The van der Waals surface area contributed by atoms with E-state index in [1.54, 1.807) is 12.1 Å². The third-order valence-corrected chi connectivity index (χ3v) is 4.63. The number of alkyl halides is 3. The molecule has 1 nitrogen and oxygen atoms in total. The Morgan fingerprint density at radius 2 is 1.54 bits per heavy atom. The number of hydrogen-bond acceptors (Lipinski definition) is 1. The lowest BCUT2D eigenvalue weighted by molar-refractivity contribution is -0.137. The van der Waals surface area contributed by atoms with E-state index < -0.39 is 11.7 Å². The van der Waals surface area contributed by atoms with Crippen molar-refractivity contribution in [2.24, 2.45) is 0 Å². The summed E-state index contributed by atoms with van der Waals surface area (Å²) in [5.74, 6) is -0.0599. The minimum Gasteiger partial charge on any atom is -0.371 e. The number of halogens is 3. The Kier molecular flexibility index (Phi) is 4.43. The molecule has 3 rings (SSSR count). The molecule has 4 heteroatoms. The fourth-order valence-corrected chi connectivity index (χ4v) is 3.41. The van der Waals surface area contributed by atoms with Gasteiger partial charge in [0, 0.05) is 5.92 Å². The van der Waals surface area contributed by atoms with Gasteiger partial charge in [0.05, 0.1) is 17.3 Å². The third kappa shape index (κ3) is 3.64. The van der Waals surface area contributed by atoms with Gasteiger partial charge in [-0.3, -0.25) is 0 Å². The van der Waals surface area contributed by atoms with Gasteiger partial charge in [0.1, 0.15) is 0 Å². The van der Waals surface area contributed by atoms with Crippen LogP contribution in [0.15, 0.2) is 54.6 Å². The Bertz CT molecular complexity index is 674. The van der Waals surface area contributed by atoms with Crippen LogP contribution in [0.25, 0.3) is 0 Å². The fraction of sp³-hybridized carbons (Fsp3) is 0.400. The second-order valence-corrected chi connectivity index (χ2v) is 6.96. The van der Waals surface area contributed by atoms with Crippen molar-refractivity contribution in [1.29, 1.82) is 0 Å². The maximum atomic E-state index is 12.8. The van der Waals surface area contributed by atoms with Gasteiger partial charge in [-0.15, -0.1) is 0 Å². The Balaban J connectivity index is 1.96. The van der Waals surface area contributed by atoms with Gasteiger partial charge in [-0.2, -0.15) is 13.2 Å². The van der Waals surface area contributed by atoms with Crippen LogP contribution < -0.4 is 0 Å². The first-order chi connectivity index (χ1) is 11.3. The number of hydrogen-bond donors (Lipinski definition) is 0. The van der Waals surface area contributed by atoms with E-state index in [-0.39, 0.29) is 17.6 Å². The van der Waals surface area contributed by atoms with Gasteiger partial charge in [-0.25, -0.2) is 0 Å². The van der Waals surface area contributed by atoms with Crippen molar-refractivity contribution < 1.29 is 17.9 Å². The van der Waals surface area contributed by atoms with Gasteiger partial charge in [-0.1, -0.05) is 42.5 Å². The monoisotopic (exact) mass is 334 g/mol. The van der Waals surface area contributed by atoms with E-state index >= 15 is 0 Å². The standard InChI is InChI=1S/C20H21F3O/c1-19(2)13-12-17(24-19)18(14-6-4-3-5-7-14)15-8-10-16(11-9-15)20(21,22)23/h3-11,17-18H,12-13H2,1-2H3/t17-,18-/m0/s1. The molecule has 2 aromatic carbocycles. The first-order valence-electron chi connectivity index (χ1n) is 8.16. The lowest BCUT2D eigenvalue weighted by atomic mass is 9.85. The van der Waals surface area contributed by atoms with Crippen LogP contribution in [0.1, 0.15) is 49.3 Å². The van der Waals surface area contributed by atoms with Crippen LogP contribution in [0.2, 0.25) is 0 Å². The zero-order valence-corrected chi connectivity index (χ0v) is 13.8. The van der Waals surface area contributed by atoms with Crippen LogP contribution in [0.3, 0.4) is 0 Å². The molecule has 128 valence electrons. The van der Waals surface area contributed by atoms with Crippen molar-refractivity contribution in [3.63, 3.8) is 0 Å². The van der Waals surface area contributed by atoms with Gasteiger partial charge in [0.2, 0.25) is 0 Å². The summed E-state index contributed by atoms with van der Waals surface area (Å²) in [6, 6.07) is 15.3. The molecule has 0 N–H and O–H groups in total. The zero-order chi connectivity index (χ0) is 17.4. The molecule has 0 spiro atoms. The highest BCUT2D eigenvalue weighted by molar-refractivity contribution is 5.36. The first kappa shape index (κ1) is 17.0. The normalized spacial score (nSPS) is 21.6. The minimum atomic E-state index is -4.31. The Morgan fingerprint density at radius 3 is 2.04 bits per heavy atom. The van der Waals surface area contributed by atoms with E-state index in [0.717, 1.165) is 36.1 Å². The molecule has 24 heavy (non-hydrogen) atoms. The van der Waals surface area contributed by atoms with Crippen LogP contribution in [-0.2, 0) is 10.9 Å². The summed E-state index contributed by atoms with van der Waals surface area (Å²) in [6.45, 7) is 4.11. The highest BCUT2D eigenvalue weighted by Gasteiger charge is 2.38. The van der Waals surface area contributed by atoms with Crippen LogP contribution in [0.4, 0.5) is 13.2 Å². The molecule has 0 amide bonds. The second-order valence-electron chi connectivity index (χ2n) is 6.96. The molecule has 2 aromatic rings. The van der Waals surface area contributed by atoms with Crippen LogP contribution >= 0.6 is 0 Å². The van der Waals surface area contributed by atoms with Crippen molar-refractivity contribution in [2.45, 2.75) is 50.5 Å². The molecule has 1 heterocycles. The molecule has 0 aromatic heterocycles. The van der Waals surface area contributed by atoms with Crippen molar-refractivity contribution in [1.82, 2.24) is 0 Å². The molecule has 1 aliphatic heterocycles. The number of rotatable bonds is 3. The summed E-state index contributed by atoms with van der Waals surface area (Å²) in [6.07, 6.45) is -2.50. The predicted octanol–water partition coefficient (Wildman–Crippen LogP) is 5.79. The summed E-state index contributed by atoms with van der Waals surface area (Å²) in [4.78, 5) is 0. The summed E-state index contributed by atoms with van der Waals surface area (Å²) < 4.78 is 44.7. The third-order valence-electron chi connectivity index (χ3n) is 4.63. The molecule has 2 atom stereocenters. The van der Waals surface area contributed by atoms with E-state index in [1.165, 1.54) is 0 Å². The van der Waals surface area contributed by atoms with Crippen molar-refractivity contribution in [3.8, 4) is 0 Å². The quantitative estimate of drug-likeness (QED) is 0.690. The summed E-state index contributed by atoms with van der Waals surface area (Å²) in [5.41, 5.74) is 1.12. The predicted molar refractivity (Wildman–Crippen MR) is 87.9 cm³/mol. The maximum Gasteiger partial charge on any atom is 0.416 e. The molecule has 1 fully saturated rings. The Morgan fingerprint density at radius 1 is 0.958 bits per heavy atom. The van der Waals surface area contributed by atoms with Crippen molar-refractivity contribution in [2.75, 3.05) is 0 Å². The van der Waals surface area contributed by atoms with E-state index in [9.17, 15) is 13.2 Å². The SMILES string of the molecule is CC1(C)CC[C@@H]([C@@H](c2ccccc2)c2ccc(C(F)(F)F)cc2)O1. The molecule has 1 aliphatic rings. The number of ether oxygens (including phenoxy) is 1. The van der Waals surface area contributed by atoms with Gasteiger partial charge >= 0.3 is 6.18 Å². The molecule has 1 saturated heterocycles. The van der Waals surface area contributed by atoms with E-state index in [2.05, 4.69) is 13.8 Å². The average Bonchev–Trinajstić information content (AvgIpc) is 2.88.